The molecule has 0 fully saturated rings. The van der Waals surface area contributed by atoms with Crippen LogP contribution < -0.4 is 16.0 Å². The molecule has 4 rings (SSSR count). The molecule has 8 heteroatoms. The summed E-state index contributed by atoms with van der Waals surface area (Å²) in [6, 6.07) is 19.6. The fraction of sp³-hybridized carbons (Fsp3) is 0.0400. The average Bonchev–Trinajstić information content (AvgIpc) is 2.85. The molecule has 0 atom stereocenters. The van der Waals surface area contributed by atoms with Crippen molar-refractivity contribution in [2.45, 2.75) is 0 Å². The van der Waals surface area contributed by atoms with Crippen LogP contribution in [-0.2, 0) is 4.79 Å². The zero-order valence-corrected chi connectivity index (χ0v) is 17.5. The molecule has 3 N–H and O–H groups in total. The van der Waals surface area contributed by atoms with Gasteiger partial charge >= 0.3 is 0 Å². The molecular formula is C25H20FN5O2. The number of benzene rings is 2. The van der Waals surface area contributed by atoms with Crippen molar-refractivity contribution in [2.24, 2.45) is 0 Å². The van der Waals surface area contributed by atoms with Crippen LogP contribution in [0.1, 0.15) is 10.4 Å². The Labute approximate surface area is 189 Å². The van der Waals surface area contributed by atoms with Crippen LogP contribution in [0.2, 0.25) is 0 Å². The zero-order chi connectivity index (χ0) is 23.0. The van der Waals surface area contributed by atoms with Crippen LogP contribution in [0.15, 0.2) is 91.5 Å². The van der Waals surface area contributed by atoms with Gasteiger partial charge in [-0.05, 0) is 42.0 Å². The van der Waals surface area contributed by atoms with Crippen LogP contribution in [0, 0.1) is 0 Å². The summed E-state index contributed by atoms with van der Waals surface area (Å²) in [5, 5.41) is 8.59. The Bertz CT molecular complexity index is 1280. The first-order valence-electron chi connectivity index (χ1n) is 10.1. The largest absolute Gasteiger partial charge is 0.354 e. The minimum Gasteiger partial charge on any atom is -0.354 e. The Morgan fingerprint density at radius 3 is 2.42 bits per heavy atom. The van der Waals surface area contributed by atoms with Crippen LogP contribution in [-0.4, -0.2) is 28.5 Å². The van der Waals surface area contributed by atoms with Gasteiger partial charge in [0.25, 0.3) is 11.8 Å². The number of hydrogen-bond acceptors (Lipinski definition) is 5. The predicted molar refractivity (Wildman–Crippen MR) is 126 cm³/mol. The Morgan fingerprint density at radius 2 is 1.61 bits per heavy atom. The SMILES string of the molecule is O=C(CF)Nc1ccccc1-c1cccc(NC(=O)c2cncc(Nc3ccncc3)c2)c1. The van der Waals surface area contributed by atoms with Crippen molar-refractivity contribution >= 4 is 34.6 Å². The van der Waals surface area contributed by atoms with E-state index in [1.807, 2.05) is 30.3 Å². The minimum absolute atomic E-state index is 0.322. The lowest BCUT2D eigenvalue weighted by atomic mass is 10.0. The normalized spacial score (nSPS) is 10.3. The summed E-state index contributed by atoms with van der Waals surface area (Å²) in [5.41, 5.74) is 4.40. The fourth-order valence-corrected chi connectivity index (χ4v) is 3.23. The monoisotopic (exact) mass is 441 g/mol. The third-order valence-electron chi connectivity index (χ3n) is 4.72. The highest BCUT2D eigenvalue weighted by Gasteiger charge is 2.11. The number of carbonyl (C=O) groups is 2. The van der Waals surface area contributed by atoms with Crippen molar-refractivity contribution < 1.29 is 14.0 Å². The van der Waals surface area contributed by atoms with E-state index >= 15 is 0 Å². The second-order valence-electron chi connectivity index (χ2n) is 7.09. The number of alkyl halides is 1. The van der Waals surface area contributed by atoms with Gasteiger partial charge in [0.15, 0.2) is 6.67 Å². The molecule has 4 aromatic rings. The molecule has 0 spiro atoms. The first-order valence-corrected chi connectivity index (χ1v) is 10.1. The van der Waals surface area contributed by atoms with Gasteiger partial charge < -0.3 is 16.0 Å². The highest BCUT2D eigenvalue weighted by Crippen LogP contribution is 2.30. The maximum atomic E-state index is 12.8. The maximum absolute atomic E-state index is 12.8. The van der Waals surface area contributed by atoms with Crippen LogP contribution in [0.4, 0.5) is 27.1 Å². The van der Waals surface area contributed by atoms with Gasteiger partial charge in [0.05, 0.1) is 17.4 Å². The van der Waals surface area contributed by atoms with E-state index in [9.17, 15) is 14.0 Å². The molecule has 0 saturated carbocycles. The van der Waals surface area contributed by atoms with Crippen LogP contribution in [0.5, 0.6) is 0 Å². The van der Waals surface area contributed by atoms with E-state index in [-0.39, 0.29) is 5.91 Å². The van der Waals surface area contributed by atoms with Crippen molar-refractivity contribution in [3.05, 3.63) is 97.1 Å². The molecule has 0 aliphatic carbocycles. The molecule has 0 aliphatic rings. The van der Waals surface area contributed by atoms with Gasteiger partial charge in [-0.2, -0.15) is 0 Å². The summed E-state index contributed by atoms with van der Waals surface area (Å²) in [4.78, 5) is 32.5. The maximum Gasteiger partial charge on any atom is 0.257 e. The molecule has 0 radical (unpaired) electrons. The van der Waals surface area contributed by atoms with Crippen molar-refractivity contribution in [2.75, 3.05) is 22.6 Å². The minimum atomic E-state index is -1.10. The number of nitrogens with one attached hydrogen (secondary N) is 3. The van der Waals surface area contributed by atoms with Gasteiger partial charge in [0, 0.05) is 41.2 Å². The molecule has 2 aromatic carbocycles. The lowest BCUT2D eigenvalue weighted by molar-refractivity contribution is -0.117. The van der Waals surface area contributed by atoms with Crippen molar-refractivity contribution in [3.63, 3.8) is 0 Å². The number of halogens is 1. The standard InChI is InChI=1S/C25H20FN5O2/c26-14-24(32)31-23-7-2-1-6-22(23)17-4-3-5-20(12-17)30-25(33)18-13-21(16-28-15-18)29-19-8-10-27-11-9-19/h1-13,15-16H,14H2,(H,27,29)(H,30,33)(H,31,32). The Hall–Kier alpha value is -4.59. The summed E-state index contributed by atoms with van der Waals surface area (Å²) in [6.45, 7) is -1.10. The van der Waals surface area contributed by atoms with E-state index < -0.39 is 12.6 Å². The van der Waals surface area contributed by atoms with Gasteiger partial charge in [-0.25, -0.2) is 4.39 Å². The molecule has 2 aromatic heterocycles. The first kappa shape index (κ1) is 21.6. The van der Waals surface area contributed by atoms with E-state index in [0.717, 1.165) is 11.3 Å². The molecule has 0 saturated heterocycles. The third kappa shape index (κ3) is 5.56. The number of anilines is 4. The smallest absolute Gasteiger partial charge is 0.257 e. The summed E-state index contributed by atoms with van der Waals surface area (Å²) in [7, 11) is 0. The number of carbonyl (C=O) groups excluding carboxylic acids is 2. The summed E-state index contributed by atoms with van der Waals surface area (Å²) in [6.07, 6.45) is 6.44. The Morgan fingerprint density at radius 1 is 0.788 bits per heavy atom. The van der Waals surface area contributed by atoms with Gasteiger partial charge in [-0.15, -0.1) is 0 Å². The Balaban J connectivity index is 1.52. The molecule has 2 heterocycles. The highest BCUT2D eigenvalue weighted by molar-refractivity contribution is 6.05. The van der Waals surface area contributed by atoms with Crippen LogP contribution in [0.25, 0.3) is 11.1 Å². The number of rotatable bonds is 7. The van der Waals surface area contributed by atoms with E-state index in [1.54, 1.807) is 55.0 Å². The second kappa shape index (κ2) is 10.1. The van der Waals surface area contributed by atoms with Gasteiger partial charge in [0.1, 0.15) is 0 Å². The Kier molecular flexibility index (Phi) is 6.65. The molecule has 33 heavy (non-hydrogen) atoms. The third-order valence-corrected chi connectivity index (χ3v) is 4.72. The van der Waals surface area contributed by atoms with Crippen molar-refractivity contribution in [3.8, 4) is 11.1 Å². The molecule has 164 valence electrons. The fourth-order valence-electron chi connectivity index (χ4n) is 3.23. The molecule has 0 unspecified atom stereocenters. The zero-order valence-electron chi connectivity index (χ0n) is 17.5. The number of amides is 2. The summed E-state index contributed by atoms with van der Waals surface area (Å²) >= 11 is 0. The van der Waals surface area contributed by atoms with Gasteiger partial charge in [-0.1, -0.05) is 30.3 Å². The second-order valence-corrected chi connectivity index (χ2v) is 7.09. The number of nitrogens with zero attached hydrogens (tertiary/aromatic N) is 2. The summed E-state index contributed by atoms with van der Waals surface area (Å²) in [5.74, 6) is -1.04. The lowest BCUT2D eigenvalue weighted by Crippen LogP contribution is -2.14. The summed E-state index contributed by atoms with van der Waals surface area (Å²) < 4.78 is 12.7. The van der Waals surface area contributed by atoms with Crippen LogP contribution in [0.3, 0.4) is 0 Å². The molecule has 2 amide bonds. The molecule has 0 bridgehead atoms. The molecule has 7 nitrogen and oxygen atoms in total. The molecular weight excluding hydrogens is 421 g/mol. The van der Waals surface area contributed by atoms with Crippen LogP contribution >= 0.6 is 0 Å². The van der Waals surface area contributed by atoms with E-state index in [0.29, 0.717) is 28.2 Å². The topological polar surface area (TPSA) is 96.0 Å². The first-order chi connectivity index (χ1) is 16.1. The van der Waals surface area contributed by atoms with E-state index in [4.69, 9.17) is 0 Å². The van der Waals surface area contributed by atoms with E-state index in [1.165, 1.54) is 6.20 Å². The number of hydrogen-bond donors (Lipinski definition) is 3. The lowest BCUT2D eigenvalue weighted by Gasteiger charge is -2.12. The van der Waals surface area contributed by atoms with Gasteiger partial charge in [-0.3, -0.25) is 19.6 Å². The highest BCUT2D eigenvalue weighted by atomic mass is 19.1. The number of para-hydroxylation sites is 1. The number of aromatic nitrogens is 2. The van der Waals surface area contributed by atoms with Gasteiger partial charge in [0.2, 0.25) is 0 Å². The van der Waals surface area contributed by atoms with E-state index in [2.05, 4.69) is 25.9 Å². The molecule has 0 aliphatic heterocycles. The average molecular weight is 441 g/mol. The van der Waals surface area contributed by atoms with Crippen molar-refractivity contribution in [1.82, 2.24) is 9.97 Å². The predicted octanol–water partition coefficient (Wildman–Crippen LogP) is 5.05. The van der Waals surface area contributed by atoms with Crippen molar-refractivity contribution in [1.29, 1.82) is 0 Å². The number of pyridine rings is 2. The quantitative estimate of drug-likeness (QED) is 0.373.